The van der Waals surface area contributed by atoms with Gasteiger partial charge >= 0.3 is 0 Å². The van der Waals surface area contributed by atoms with E-state index in [4.69, 9.17) is 4.74 Å². The summed E-state index contributed by atoms with van der Waals surface area (Å²) in [6.45, 7) is 0.136. The molecule has 1 N–H and O–H groups in total. The lowest BCUT2D eigenvalue weighted by Gasteiger charge is -2.50. The molecule has 0 unspecified atom stereocenters. The van der Waals surface area contributed by atoms with Crippen LogP contribution >= 0.6 is 11.8 Å². The van der Waals surface area contributed by atoms with Crippen molar-refractivity contribution in [3.05, 3.63) is 92.9 Å². The van der Waals surface area contributed by atoms with Crippen LogP contribution in [0.4, 0.5) is 8.78 Å². The summed E-state index contributed by atoms with van der Waals surface area (Å²) in [6.07, 6.45) is 5.32. The summed E-state index contributed by atoms with van der Waals surface area (Å²) in [6, 6.07) is 10.9. The molecule has 10 heteroatoms. The van der Waals surface area contributed by atoms with Gasteiger partial charge in [-0.3, -0.25) is 19.3 Å². The maximum Gasteiger partial charge on any atom is 0.278 e. The fourth-order valence-corrected chi connectivity index (χ4v) is 6.82. The molecule has 4 aliphatic rings. The van der Waals surface area contributed by atoms with Gasteiger partial charge in [0.05, 0.1) is 18.2 Å². The van der Waals surface area contributed by atoms with Crippen LogP contribution in [0.15, 0.2) is 58.4 Å². The van der Waals surface area contributed by atoms with Gasteiger partial charge in [-0.05, 0) is 48.9 Å². The number of hydrogen-bond donors (Lipinski definition) is 1. The monoisotopic (exact) mass is 537 g/mol. The lowest BCUT2D eigenvalue weighted by Crippen LogP contribution is -2.61. The van der Waals surface area contributed by atoms with Crippen LogP contribution in [-0.4, -0.2) is 45.5 Å². The molecule has 3 heterocycles. The lowest BCUT2D eigenvalue weighted by molar-refractivity contribution is -0.0551. The molecule has 38 heavy (non-hydrogen) atoms. The molecule has 1 amide bonds. The molecule has 3 aromatic rings. The van der Waals surface area contributed by atoms with Gasteiger partial charge in [-0.2, -0.15) is 0 Å². The van der Waals surface area contributed by atoms with Crippen LogP contribution in [0, 0.1) is 11.6 Å². The van der Waals surface area contributed by atoms with Crippen LogP contribution in [0.2, 0.25) is 0 Å². The minimum atomic E-state index is -0.914. The molecule has 0 spiro atoms. The van der Waals surface area contributed by atoms with E-state index in [0.717, 1.165) is 29.4 Å². The van der Waals surface area contributed by atoms with Crippen LogP contribution in [0.5, 0.6) is 5.75 Å². The van der Waals surface area contributed by atoms with Gasteiger partial charge in [0.15, 0.2) is 23.1 Å². The van der Waals surface area contributed by atoms with E-state index in [0.29, 0.717) is 24.5 Å². The molecule has 2 fully saturated rings. The van der Waals surface area contributed by atoms with E-state index in [2.05, 4.69) is 0 Å². The molecule has 2 aromatic carbocycles. The predicted molar refractivity (Wildman–Crippen MR) is 137 cm³/mol. The number of carbonyl (C=O) groups excluding carboxylic acids is 1. The number of benzene rings is 2. The first-order valence-corrected chi connectivity index (χ1v) is 13.8. The van der Waals surface area contributed by atoms with Crippen LogP contribution in [0.1, 0.15) is 58.9 Å². The van der Waals surface area contributed by atoms with Crippen LogP contribution in [0.3, 0.4) is 0 Å². The Labute approximate surface area is 221 Å². The Balaban J connectivity index is 1.37. The maximum atomic E-state index is 15.2. The standard InChI is InChI=1S/C28H25F2N3O4S/c29-21-8-7-18-20(24(21)30)13-38-23-4-2-1-3-19(23)25(18)33-14-31(15-11-17(12-15)37-16-5-6-16)28(36)26-27(35)22(34)9-10-32(26)33/h1-4,7-10,15-17,25,35H,5-6,11-14H2/t15?,17?,25-/m0/s1. The summed E-state index contributed by atoms with van der Waals surface area (Å²) in [5, 5.41) is 12.6. The summed E-state index contributed by atoms with van der Waals surface area (Å²) >= 11 is 1.43. The number of nitrogens with zero attached hydrogens (tertiary/aromatic N) is 3. The predicted octanol–water partition coefficient (Wildman–Crippen LogP) is 4.29. The number of halogens is 2. The number of aromatic hydroxyl groups is 1. The molecule has 0 bridgehead atoms. The van der Waals surface area contributed by atoms with Gasteiger partial charge in [0.2, 0.25) is 5.43 Å². The first kappa shape index (κ1) is 23.7. The number of rotatable bonds is 4. The number of thioether (sulfide) groups is 1. The minimum Gasteiger partial charge on any atom is -0.502 e. The van der Waals surface area contributed by atoms with Gasteiger partial charge < -0.3 is 14.7 Å². The Morgan fingerprint density at radius 1 is 0.974 bits per heavy atom. The number of amides is 1. The third-order valence-electron chi connectivity index (χ3n) is 7.92. The van der Waals surface area contributed by atoms with E-state index in [1.165, 1.54) is 28.7 Å². The quantitative estimate of drug-likeness (QED) is 0.536. The van der Waals surface area contributed by atoms with Crippen molar-refractivity contribution in [3.8, 4) is 5.75 Å². The van der Waals surface area contributed by atoms with Gasteiger partial charge in [-0.25, -0.2) is 8.78 Å². The second-order valence-electron chi connectivity index (χ2n) is 10.3. The van der Waals surface area contributed by atoms with Crippen LogP contribution in [-0.2, 0) is 10.5 Å². The lowest BCUT2D eigenvalue weighted by atomic mass is 9.87. The van der Waals surface area contributed by atoms with Crippen molar-refractivity contribution in [1.29, 1.82) is 0 Å². The number of aromatic nitrogens is 1. The molecule has 196 valence electrons. The summed E-state index contributed by atoms with van der Waals surface area (Å²) in [5.74, 6) is -2.62. The summed E-state index contributed by atoms with van der Waals surface area (Å²) in [4.78, 5) is 28.7. The first-order valence-electron chi connectivity index (χ1n) is 12.8. The highest BCUT2D eigenvalue weighted by Gasteiger charge is 2.45. The Morgan fingerprint density at radius 3 is 2.55 bits per heavy atom. The average Bonchev–Trinajstić information content (AvgIpc) is 3.72. The second kappa shape index (κ2) is 8.84. The number of hydrogen-bond acceptors (Lipinski definition) is 6. The molecule has 7 nitrogen and oxygen atoms in total. The van der Waals surface area contributed by atoms with Crippen molar-refractivity contribution >= 4 is 17.7 Å². The van der Waals surface area contributed by atoms with Crippen LogP contribution < -0.4 is 10.4 Å². The SMILES string of the molecule is O=C1c2c(O)c(=O)ccn2N([C@@H]2c3ccccc3SCc3c2ccc(F)c3F)CN1C1CC(OC2CC2)C1. The highest BCUT2D eigenvalue weighted by atomic mass is 32.2. The zero-order valence-electron chi connectivity index (χ0n) is 20.3. The van der Waals surface area contributed by atoms with Crippen molar-refractivity contribution in [2.45, 2.75) is 60.6 Å². The van der Waals surface area contributed by atoms with Crippen LogP contribution in [0.25, 0.3) is 0 Å². The number of ether oxygens (including phenoxy) is 1. The van der Waals surface area contributed by atoms with Crippen molar-refractivity contribution in [2.75, 3.05) is 11.7 Å². The van der Waals surface area contributed by atoms with Crippen molar-refractivity contribution in [3.63, 3.8) is 0 Å². The second-order valence-corrected chi connectivity index (χ2v) is 11.3. The van der Waals surface area contributed by atoms with Gasteiger partial charge in [0.25, 0.3) is 5.91 Å². The van der Waals surface area contributed by atoms with E-state index in [9.17, 15) is 19.1 Å². The molecule has 0 saturated heterocycles. The molecule has 2 aliphatic carbocycles. The summed E-state index contributed by atoms with van der Waals surface area (Å²) < 4.78 is 37.0. The summed E-state index contributed by atoms with van der Waals surface area (Å²) in [5.41, 5.74) is 0.912. The highest BCUT2D eigenvalue weighted by molar-refractivity contribution is 7.98. The highest BCUT2D eigenvalue weighted by Crippen LogP contribution is 2.45. The van der Waals surface area contributed by atoms with E-state index in [1.807, 2.05) is 29.3 Å². The Kier molecular flexibility index (Phi) is 5.52. The number of fused-ring (bicyclic) bond motifs is 3. The molecule has 2 saturated carbocycles. The van der Waals surface area contributed by atoms with E-state index in [-0.39, 0.29) is 35.8 Å². The topological polar surface area (TPSA) is 75.0 Å². The first-order chi connectivity index (χ1) is 18.4. The maximum absolute atomic E-state index is 15.2. The van der Waals surface area contributed by atoms with Crippen molar-refractivity contribution in [1.82, 2.24) is 9.58 Å². The van der Waals surface area contributed by atoms with E-state index >= 15 is 4.39 Å². The van der Waals surface area contributed by atoms with Crippen molar-refractivity contribution < 1.29 is 23.4 Å². The molecule has 1 atom stereocenters. The van der Waals surface area contributed by atoms with Crippen molar-refractivity contribution in [2.24, 2.45) is 0 Å². The average molecular weight is 538 g/mol. The third-order valence-corrected chi connectivity index (χ3v) is 9.04. The minimum absolute atomic E-state index is 0.0787. The number of pyridine rings is 1. The molecule has 1 aromatic heterocycles. The van der Waals surface area contributed by atoms with Gasteiger partial charge in [-0.15, -0.1) is 11.8 Å². The smallest absolute Gasteiger partial charge is 0.278 e. The third kappa shape index (κ3) is 3.72. The molecular weight excluding hydrogens is 512 g/mol. The van der Waals surface area contributed by atoms with Gasteiger partial charge in [0.1, 0.15) is 6.67 Å². The van der Waals surface area contributed by atoms with Gasteiger partial charge in [0, 0.05) is 34.5 Å². The largest absolute Gasteiger partial charge is 0.502 e. The number of carbonyl (C=O) groups is 1. The fraction of sp³-hybridized carbons (Fsp3) is 0.357. The Morgan fingerprint density at radius 2 is 1.76 bits per heavy atom. The molecular formula is C28H25F2N3O4S. The normalized spacial score (nSPS) is 24.3. The molecule has 7 rings (SSSR count). The zero-order valence-corrected chi connectivity index (χ0v) is 21.2. The molecule has 0 radical (unpaired) electrons. The van der Waals surface area contributed by atoms with Gasteiger partial charge in [-0.1, -0.05) is 24.3 Å². The zero-order chi connectivity index (χ0) is 26.1. The van der Waals surface area contributed by atoms with E-state index in [1.54, 1.807) is 11.0 Å². The summed E-state index contributed by atoms with van der Waals surface area (Å²) in [7, 11) is 0. The molecule has 2 aliphatic heterocycles. The Hall–Kier alpha value is -3.37. The Bertz CT molecular complexity index is 1520. The van der Waals surface area contributed by atoms with E-state index < -0.39 is 34.8 Å². The fourth-order valence-electron chi connectivity index (χ4n) is 5.71.